The first-order valence-corrected chi connectivity index (χ1v) is 27.0. The lowest BCUT2D eigenvalue weighted by atomic mass is 10.0. The van der Waals surface area contributed by atoms with Crippen molar-refractivity contribution in [3.63, 3.8) is 0 Å². The highest BCUT2D eigenvalue weighted by atomic mass is 31.2. The van der Waals surface area contributed by atoms with Crippen LogP contribution in [0.2, 0.25) is 0 Å². The van der Waals surface area contributed by atoms with Crippen LogP contribution in [0.15, 0.2) is 12.2 Å². The number of nitrogens with one attached hydrogen (secondary N) is 1. The Balaban J connectivity index is 3.82. The number of allylic oxidation sites excluding steroid dienone is 2. The molecule has 352 valence electrons. The summed E-state index contributed by atoms with van der Waals surface area (Å²) in [4.78, 5) is 23.0. The second-order valence-corrected chi connectivity index (χ2v) is 20.4. The summed E-state index contributed by atoms with van der Waals surface area (Å²) in [6, 6.07) is -0.752. The van der Waals surface area contributed by atoms with Gasteiger partial charge in [-0.2, -0.15) is 0 Å². The van der Waals surface area contributed by atoms with Gasteiger partial charge in [0.2, 0.25) is 5.91 Å². The maximum atomic E-state index is 12.8. The third-order valence-electron chi connectivity index (χ3n) is 11.8. The minimum absolute atomic E-state index is 0.0766. The molecule has 3 unspecified atom stereocenters. The Bertz CT molecular complexity index is 974. The van der Waals surface area contributed by atoms with Gasteiger partial charge in [-0.15, -0.1) is 0 Å². The highest BCUT2D eigenvalue weighted by Gasteiger charge is 2.28. The van der Waals surface area contributed by atoms with Crippen LogP contribution < -0.4 is 5.32 Å². The molecule has 0 aromatic rings. The molecule has 0 aromatic carbocycles. The number of likely N-dealkylation sites (N-methyl/N-ethyl adjacent to an activating group) is 1. The summed E-state index contributed by atoms with van der Waals surface area (Å²) in [5.41, 5.74) is 0. The molecule has 0 aliphatic heterocycles. The standard InChI is InChI=1S/C50H101N2O6P/c1-6-8-10-12-14-15-16-17-18-19-20-21-22-23-24-25-26-27-28-29-30-31-32-33-34-35-36-37-38-40-42-44-50(54)51-48(49(53)43-41-39-13-11-9-7-2)47-58-59(55,56)57-46-45-52(3,4)5/h19-20,48-49,53H,6-18,21-47H2,1-5H3,(H-,51,54,55,56)/p+1/b20-19-. The van der Waals surface area contributed by atoms with Crippen molar-refractivity contribution in [3.8, 4) is 0 Å². The number of carbonyl (C=O) groups is 1. The minimum Gasteiger partial charge on any atom is -0.391 e. The number of phosphoric ester groups is 1. The van der Waals surface area contributed by atoms with Crippen molar-refractivity contribution in [1.82, 2.24) is 5.32 Å². The third-order valence-corrected chi connectivity index (χ3v) is 12.7. The predicted molar refractivity (Wildman–Crippen MR) is 254 cm³/mol. The molecule has 1 amide bonds. The van der Waals surface area contributed by atoms with Gasteiger partial charge in [-0.1, -0.05) is 219 Å². The quantitative estimate of drug-likeness (QED) is 0.0244. The zero-order valence-corrected chi connectivity index (χ0v) is 40.9. The lowest BCUT2D eigenvalue weighted by molar-refractivity contribution is -0.870. The van der Waals surface area contributed by atoms with E-state index in [0.717, 1.165) is 38.5 Å². The highest BCUT2D eigenvalue weighted by molar-refractivity contribution is 7.47. The van der Waals surface area contributed by atoms with Gasteiger partial charge in [-0.25, -0.2) is 4.57 Å². The molecule has 0 fully saturated rings. The van der Waals surface area contributed by atoms with E-state index in [-0.39, 0.29) is 19.1 Å². The molecule has 0 aliphatic carbocycles. The van der Waals surface area contributed by atoms with Crippen LogP contribution >= 0.6 is 7.82 Å². The van der Waals surface area contributed by atoms with Crippen LogP contribution in [0.4, 0.5) is 0 Å². The monoisotopic (exact) mass is 858 g/mol. The molecule has 3 N–H and O–H groups in total. The number of aliphatic hydroxyl groups is 1. The van der Waals surface area contributed by atoms with Gasteiger partial charge in [0.25, 0.3) is 0 Å². The molecule has 8 nitrogen and oxygen atoms in total. The van der Waals surface area contributed by atoms with Crippen molar-refractivity contribution >= 4 is 13.7 Å². The van der Waals surface area contributed by atoms with Crippen LogP contribution in [0.25, 0.3) is 0 Å². The number of unbranched alkanes of at least 4 members (excludes halogenated alkanes) is 32. The van der Waals surface area contributed by atoms with Crippen LogP contribution in [-0.4, -0.2) is 73.4 Å². The minimum atomic E-state index is -4.30. The van der Waals surface area contributed by atoms with Gasteiger partial charge in [0.05, 0.1) is 39.9 Å². The lowest BCUT2D eigenvalue weighted by Gasteiger charge is -2.26. The van der Waals surface area contributed by atoms with E-state index in [4.69, 9.17) is 9.05 Å². The predicted octanol–water partition coefficient (Wildman–Crippen LogP) is 14.7. The molecule has 0 saturated heterocycles. The molecule has 0 spiro atoms. The molecule has 0 bridgehead atoms. The van der Waals surface area contributed by atoms with E-state index in [1.54, 1.807) is 0 Å². The van der Waals surface area contributed by atoms with Crippen molar-refractivity contribution in [2.24, 2.45) is 0 Å². The molecular weight excluding hydrogens is 756 g/mol. The number of rotatable bonds is 47. The number of amides is 1. The van der Waals surface area contributed by atoms with E-state index in [0.29, 0.717) is 23.9 Å². The topological polar surface area (TPSA) is 105 Å². The number of hydrogen-bond acceptors (Lipinski definition) is 5. The van der Waals surface area contributed by atoms with E-state index in [1.807, 2.05) is 21.1 Å². The molecule has 59 heavy (non-hydrogen) atoms. The Labute approximate surface area is 367 Å². The summed E-state index contributed by atoms with van der Waals surface area (Å²) in [5.74, 6) is -0.146. The number of carbonyl (C=O) groups excluding carboxylic acids is 1. The van der Waals surface area contributed by atoms with Gasteiger partial charge in [0.1, 0.15) is 13.2 Å². The van der Waals surface area contributed by atoms with Crippen molar-refractivity contribution < 1.29 is 32.9 Å². The van der Waals surface area contributed by atoms with Gasteiger partial charge in [0.15, 0.2) is 0 Å². The van der Waals surface area contributed by atoms with Gasteiger partial charge in [0, 0.05) is 6.42 Å². The normalized spacial score (nSPS) is 14.2. The van der Waals surface area contributed by atoms with Gasteiger partial charge in [-0.3, -0.25) is 13.8 Å². The maximum absolute atomic E-state index is 12.8. The van der Waals surface area contributed by atoms with Crippen molar-refractivity contribution in [3.05, 3.63) is 12.2 Å². The SMILES string of the molecule is CCCCCCCCCC/C=C\CCCCCCCCCCCCCCCCCCCCCC(=O)NC(COP(=O)(O)OCC[N+](C)(C)C)C(O)CCCCCCCC. The van der Waals surface area contributed by atoms with Crippen molar-refractivity contribution in [2.75, 3.05) is 40.9 Å². The average Bonchev–Trinajstić information content (AvgIpc) is 3.19. The van der Waals surface area contributed by atoms with Crippen molar-refractivity contribution in [1.29, 1.82) is 0 Å². The average molecular weight is 858 g/mol. The van der Waals surface area contributed by atoms with E-state index < -0.39 is 20.0 Å². The third kappa shape index (κ3) is 45.1. The molecule has 0 aliphatic rings. The zero-order valence-electron chi connectivity index (χ0n) is 40.0. The Morgan fingerprint density at radius 2 is 0.915 bits per heavy atom. The first kappa shape index (κ1) is 58.2. The van der Waals surface area contributed by atoms with Crippen LogP contribution in [0.5, 0.6) is 0 Å². The molecule has 3 atom stereocenters. The van der Waals surface area contributed by atoms with E-state index in [2.05, 4.69) is 31.3 Å². The Morgan fingerprint density at radius 3 is 1.31 bits per heavy atom. The van der Waals surface area contributed by atoms with Crippen LogP contribution in [0, 0.1) is 0 Å². The highest BCUT2D eigenvalue weighted by Crippen LogP contribution is 2.43. The first-order valence-electron chi connectivity index (χ1n) is 25.6. The summed E-state index contributed by atoms with van der Waals surface area (Å²) in [7, 11) is 1.62. The fraction of sp³-hybridized carbons (Fsp3) is 0.940. The van der Waals surface area contributed by atoms with Crippen LogP contribution in [0.3, 0.4) is 0 Å². The Kier molecular flexibility index (Phi) is 42.0. The summed E-state index contributed by atoms with van der Waals surface area (Å²) >= 11 is 0. The summed E-state index contributed by atoms with van der Waals surface area (Å²) in [6.07, 6.45) is 50.2. The summed E-state index contributed by atoms with van der Waals surface area (Å²) < 4.78 is 23.5. The second kappa shape index (κ2) is 42.5. The Hall–Kier alpha value is -0.760. The van der Waals surface area contributed by atoms with Crippen LogP contribution in [-0.2, 0) is 18.4 Å². The number of nitrogens with zero attached hydrogens (tertiary/aromatic N) is 1. The van der Waals surface area contributed by atoms with Crippen LogP contribution in [0.1, 0.15) is 251 Å². The largest absolute Gasteiger partial charge is 0.472 e. The summed E-state index contributed by atoms with van der Waals surface area (Å²) in [5, 5.41) is 13.8. The number of aliphatic hydroxyl groups excluding tert-OH is 1. The Morgan fingerprint density at radius 1 is 0.559 bits per heavy atom. The molecule has 0 saturated carbocycles. The molecule has 0 aromatic heterocycles. The van der Waals surface area contributed by atoms with Crippen molar-refractivity contribution in [2.45, 2.75) is 264 Å². The fourth-order valence-electron chi connectivity index (χ4n) is 7.69. The molecule has 9 heteroatoms. The smallest absolute Gasteiger partial charge is 0.391 e. The summed E-state index contributed by atoms with van der Waals surface area (Å²) in [6.45, 7) is 4.84. The maximum Gasteiger partial charge on any atom is 0.472 e. The van der Waals surface area contributed by atoms with E-state index in [9.17, 15) is 19.4 Å². The second-order valence-electron chi connectivity index (χ2n) is 18.9. The van der Waals surface area contributed by atoms with E-state index >= 15 is 0 Å². The first-order chi connectivity index (χ1) is 28.5. The van der Waals surface area contributed by atoms with E-state index in [1.165, 1.54) is 186 Å². The zero-order chi connectivity index (χ0) is 43.6. The number of phosphoric acid groups is 1. The fourth-order valence-corrected chi connectivity index (χ4v) is 8.43. The van der Waals surface area contributed by atoms with Gasteiger partial charge >= 0.3 is 7.82 Å². The van der Waals surface area contributed by atoms with Gasteiger partial charge < -0.3 is 19.8 Å². The number of hydrogen-bond donors (Lipinski definition) is 3. The number of quaternary nitrogens is 1. The molecule has 0 radical (unpaired) electrons. The van der Waals surface area contributed by atoms with Gasteiger partial charge in [-0.05, 0) is 38.5 Å². The molecular formula is C50H102N2O6P+. The lowest BCUT2D eigenvalue weighted by Crippen LogP contribution is -2.46. The molecule has 0 rings (SSSR count). The molecule has 0 heterocycles.